The molecular formula is C17H25NO4S. The zero-order valence-corrected chi connectivity index (χ0v) is 14.6. The van der Waals surface area contributed by atoms with E-state index in [9.17, 15) is 8.42 Å². The average Bonchev–Trinajstić information content (AvgIpc) is 3.00. The van der Waals surface area contributed by atoms with Gasteiger partial charge in [0.2, 0.25) is 10.0 Å². The molecule has 1 saturated carbocycles. The molecule has 0 bridgehead atoms. The van der Waals surface area contributed by atoms with Gasteiger partial charge in [-0.05, 0) is 63.3 Å². The lowest BCUT2D eigenvalue weighted by molar-refractivity contribution is 0.0392. The average molecular weight is 339 g/mol. The number of hydrogen-bond donors (Lipinski definition) is 0. The maximum absolute atomic E-state index is 12.9. The van der Waals surface area contributed by atoms with Crippen LogP contribution < -0.4 is 4.74 Å². The molecule has 1 atom stereocenters. The highest BCUT2D eigenvalue weighted by molar-refractivity contribution is 7.89. The topological polar surface area (TPSA) is 55.8 Å². The molecule has 5 nitrogen and oxygen atoms in total. The summed E-state index contributed by atoms with van der Waals surface area (Å²) in [6.07, 6.45) is 4.88. The highest BCUT2D eigenvalue weighted by atomic mass is 32.2. The Morgan fingerprint density at radius 3 is 2.65 bits per heavy atom. The van der Waals surface area contributed by atoms with Crippen LogP contribution in [-0.4, -0.2) is 44.6 Å². The van der Waals surface area contributed by atoms with Crippen molar-refractivity contribution in [2.45, 2.75) is 56.6 Å². The Bertz CT molecular complexity index is 653. The van der Waals surface area contributed by atoms with Gasteiger partial charge in [0, 0.05) is 12.6 Å². The molecule has 0 radical (unpaired) electrons. The molecule has 0 N–H and O–H groups in total. The minimum atomic E-state index is -3.49. The molecule has 3 rings (SSSR count). The standard InChI is InChI=1S/C17H25NO4S/c1-13-11-16(22-15-5-3-4-6-15)7-8-17(13)23(19,20)18-9-10-21-12-14(18)2/h7-8,11,14-15H,3-6,9-10,12H2,1-2H3. The lowest BCUT2D eigenvalue weighted by Gasteiger charge is -2.32. The second-order valence-corrected chi connectivity index (χ2v) is 8.35. The van der Waals surface area contributed by atoms with E-state index in [1.165, 1.54) is 17.1 Å². The Hall–Kier alpha value is -1.11. The summed E-state index contributed by atoms with van der Waals surface area (Å²) >= 11 is 0. The molecule has 0 aromatic heterocycles. The van der Waals surface area contributed by atoms with Crippen molar-refractivity contribution in [3.05, 3.63) is 23.8 Å². The minimum Gasteiger partial charge on any atom is -0.490 e. The Labute approximate surface area is 138 Å². The molecule has 1 aliphatic heterocycles. The molecule has 1 aromatic rings. The summed E-state index contributed by atoms with van der Waals surface area (Å²) < 4.78 is 38.6. The number of rotatable bonds is 4. The predicted molar refractivity (Wildman–Crippen MR) is 88.2 cm³/mol. The fourth-order valence-corrected chi connectivity index (χ4v) is 5.19. The summed E-state index contributed by atoms with van der Waals surface area (Å²) in [7, 11) is -3.49. The molecule has 1 unspecified atom stereocenters. The Balaban J connectivity index is 1.81. The van der Waals surface area contributed by atoms with Gasteiger partial charge in [-0.25, -0.2) is 8.42 Å². The number of ether oxygens (including phenoxy) is 2. The van der Waals surface area contributed by atoms with Crippen LogP contribution in [0.15, 0.2) is 23.1 Å². The van der Waals surface area contributed by atoms with Gasteiger partial charge in [-0.2, -0.15) is 4.31 Å². The summed E-state index contributed by atoms with van der Waals surface area (Å²) in [6.45, 7) is 5.01. The Morgan fingerprint density at radius 1 is 1.26 bits per heavy atom. The van der Waals surface area contributed by atoms with Crippen LogP contribution in [0.3, 0.4) is 0 Å². The highest BCUT2D eigenvalue weighted by Crippen LogP contribution is 2.29. The van der Waals surface area contributed by atoms with Gasteiger partial charge in [0.25, 0.3) is 0 Å². The molecule has 1 saturated heterocycles. The smallest absolute Gasteiger partial charge is 0.243 e. The molecule has 0 spiro atoms. The van der Waals surface area contributed by atoms with Crippen LogP contribution in [0.1, 0.15) is 38.2 Å². The van der Waals surface area contributed by atoms with Crippen molar-refractivity contribution in [3.63, 3.8) is 0 Å². The fourth-order valence-electron chi connectivity index (χ4n) is 3.38. The van der Waals surface area contributed by atoms with Crippen LogP contribution in [0.4, 0.5) is 0 Å². The normalized spacial score (nSPS) is 24.0. The molecule has 2 fully saturated rings. The second-order valence-electron chi connectivity index (χ2n) is 6.49. The summed E-state index contributed by atoms with van der Waals surface area (Å²) in [5.41, 5.74) is 0.735. The van der Waals surface area contributed by atoms with Gasteiger partial charge in [0.1, 0.15) is 5.75 Å². The van der Waals surface area contributed by atoms with Gasteiger partial charge < -0.3 is 9.47 Å². The SMILES string of the molecule is Cc1cc(OC2CCCC2)ccc1S(=O)(=O)N1CCOCC1C. The van der Waals surface area contributed by atoms with Crippen molar-refractivity contribution >= 4 is 10.0 Å². The van der Waals surface area contributed by atoms with Crippen LogP contribution >= 0.6 is 0 Å². The van der Waals surface area contributed by atoms with Gasteiger partial charge in [0.15, 0.2) is 0 Å². The lowest BCUT2D eigenvalue weighted by atomic mass is 10.2. The van der Waals surface area contributed by atoms with Crippen LogP contribution in [0.2, 0.25) is 0 Å². The Kier molecular flexibility index (Phi) is 4.94. The van der Waals surface area contributed by atoms with Crippen LogP contribution in [-0.2, 0) is 14.8 Å². The first kappa shape index (κ1) is 16.7. The van der Waals surface area contributed by atoms with Crippen molar-refractivity contribution < 1.29 is 17.9 Å². The van der Waals surface area contributed by atoms with E-state index < -0.39 is 10.0 Å². The molecule has 6 heteroatoms. The molecule has 23 heavy (non-hydrogen) atoms. The second kappa shape index (κ2) is 6.79. The molecular weight excluding hydrogens is 314 g/mol. The summed E-state index contributed by atoms with van der Waals surface area (Å²) in [6, 6.07) is 5.17. The summed E-state index contributed by atoms with van der Waals surface area (Å²) in [5, 5.41) is 0. The third-order valence-electron chi connectivity index (χ3n) is 4.64. The first-order valence-electron chi connectivity index (χ1n) is 8.35. The van der Waals surface area contributed by atoms with Gasteiger partial charge in [-0.1, -0.05) is 0 Å². The predicted octanol–water partition coefficient (Wildman–Crippen LogP) is 2.73. The Morgan fingerprint density at radius 2 is 2.00 bits per heavy atom. The zero-order chi connectivity index (χ0) is 16.4. The monoisotopic (exact) mass is 339 g/mol. The van der Waals surface area contributed by atoms with E-state index in [1.807, 2.05) is 19.9 Å². The van der Waals surface area contributed by atoms with E-state index in [0.717, 1.165) is 24.2 Å². The minimum absolute atomic E-state index is 0.137. The summed E-state index contributed by atoms with van der Waals surface area (Å²) in [5.74, 6) is 0.767. The first-order valence-corrected chi connectivity index (χ1v) is 9.79. The molecule has 2 aliphatic rings. The molecule has 1 aliphatic carbocycles. The molecule has 0 amide bonds. The molecule has 1 heterocycles. The largest absolute Gasteiger partial charge is 0.490 e. The van der Waals surface area contributed by atoms with Crippen molar-refractivity contribution in [3.8, 4) is 5.75 Å². The van der Waals surface area contributed by atoms with E-state index in [1.54, 1.807) is 12.1 Å². The number of sulfonamides is 1. The number of morpholine rings is 1. The van der Waals surface area contributed by atoms with Crippen molar-refractivity contribution in [2.75, 3.05) is 19.8 Å². The molecule has 1 aromatic carbocycles. The third kappa shape index (κ3) is 3.54. The number of hydrogen-bond acceptors (Lipinski definition) is 4. The summed E-state index contributed by atoms with van der Waals surface area (Å²) in [4.78, 5) is 0.366. The van der Waals surface area contributed by atoms with E-state index in [4.69, 9.17) is 9.47 Å². The lowest BCUT2D eigenvalue weighted by Crippen LogP contribution is -2.47. The van der Waals surface area contributed by atoms with E-state index in [0.29, 0.717) is 24.7 Å². The van der Waals surface area contributed by atoms with E-state index >= 15 is 0 Å². The van der Waals surface area contributed by atoms with Crippen LogP contribution in [0.5, 0.6) is 5.75 Å². The van der Waals surface area contributed by atoms with Crippen molar-refractivity contribution in [1.82, 2.24) is 4.31 Å². The third-order valence-corrected chi connectivity index (χ3v) is 6.82. The first-order chi connectivity index (χ1) is 11.0. The van der Waals surface area contributed by atoms with E-state index in [2.05, 4.69) is 0 Å². The maximum atomic E-state index is 12.9. The fraction of sp³-hybridized carbons (Fsp3) is 0.647. The van der Waals surface area contributed by atoms with Crippen molar-refractivity contribution in [1.29, 1.82) is 0 Å². The van der Waals surface area contributed by atoms with Crippen LogP contribution in [0, 0.1) is 6.92 Å². The van der Waals surface area contributed by atoms with E-state index in [-0.39, 0.29) is 12.1 Å². The van der Waals surface area contributed by atoms with Crippen molar-refractivity contribution in [2.24, 2.45) is 0 Å². The number of benzene rings is 1. The quantitative estimate of drug-likeness (QED) is 0.846. The maximum Gasteiger partial charge on any atom is 0.243 e. The van der Waals surface area contributed by atoms with Gasteiger partial charge in [-0.3, -0.25) is 0 Å². The van der Waals surface area contributed by atoms with Gasteiger partial charge in [0.05, 0.1) is 24.2 Å². The zero-order valence-electron chi connectivity index (χ0n) is 13.8. The highest BCUT2D eigenvalue weighted by Gasteiger charge is 2.32. The number of nitrogens with zero attached hydrogens (tertiary/aromatic N) is 1. The molecule has 128 valence electrons. The number of aryl methyl sites for hydroxylation is 1. The van der Waals surface area contributed by atoms with Crippen LogP contribution in [0.25, 0.3) is 0 Å². The van der Waals surface area contributed by atoms with Gasteiger partial charge >= 0.3 is 0 Å². The van der Waals surface area contributed by atoms with Gasteiger partial charge in [-0.15, -0.1) is 0 Å².